The summed E-state index contributed by atoms with van der Waals surface area (Å²) in [5, 5.41) is 7.22. The molecule has 2 aromatic rings. The number of benzene rings is 1. The minimum absolute atomic E-state index is 0.135. The standard InChI is InChI=1S/C14H17N3O2/c1-3-15-12-8-14(18)17(16-9-12)10-11-6-4-5-7-13(11)19-2/h4-9,15H,3,10H2,1-2H3. The van der Waals surface area contributed by atoms with E-state index in [4.69, 9.17) is 4.74 Å². The normalized spacial score (nSPS) is 10.2. The van der Waals surface area contributed by atoms with Crippen molar-refractivity contribution in [3.63, 3.8) is 0 Å². The maximum absolute atomic E-state index is 11.9. The molecule has 19 heavy (non-hydrogen) atoms. The van der Waals surface area contributed by atoms with Crippen LogP contribution in [0.3, 0.4) is 0 Å². The van der Waals surface area contributed by atoms with E-state index in [2.05, 4.69) is 10.4 Å². The zero-order valence-electron chi connectivity index (χ0n) is 11.1. The molecule has 0 aliphatic rings. The van der Waals surface area contributed by atoms with Gasteiger partial charge in [0.25, 0.3) is 5.56 Å². The highest BCUT2D eigenvalue weighted by atomic mass is 16.5. The van der Waals surface area contributed by atoms with Gasteiger partial charge in [0.2, 0.25) is 0 Å². The molecule has 100 valence electrons. The fourth-order valence-electron chi connectivity index (χ4n) is 1.85. The molecule has 1 aromatic heterocycles. The van der Waals surface area contributed by atoms with Crippen LogP contribution in [0.2, 0.25) is 0 Å². The lowest BCUT2D eigenvalue weighted by molar-refractivity contribution is 0.407. The second-order valence-corrected chi connectivity index (χ2v) is 4.08. The molecule has 0 fully saturated rings. The Morgan fingerprint density at radius 3 is 2.84 bits per heavy atom. The van der Waals surface area contributed by atoms with Crippen LogP contribution in [0.25, 0.3) is 0 Å². The fourth-order valence-corrected chi connectivity index (χ4v) is 1.85. The number of hydrogen-bond donors (Lipinski definition) is 1. The van der Waals surface area contributed by atoms with Gasteiger partial charge in [-0.1, -0.05) is 18.2 Å². The minimum atomic E-state index is -0.135. The summed E-state index contributed by atoms with van der Waals surface area (Å²) >= 11 is 0. The number of methoxy groups -OCH3 is 1. The van der Waals surface area contributed by atoms with E-state index in [1.54, 1.807) is 19.4 Å². The quantitative estimate of drug-likeness (QED) is 0.888. The molecule has 5 heteroatoms. The molecular formula is C14H17N3O2. The van der Waals surface area contributed by atoms with Crippen LogP contribution >= 0.6 is 0 Å². The highest BCUT2D eigenvalue weighted by Gasteiger charge is 2.05. The van der Waals surface area contributed by atoms with Crippen molar-refractivity contribution in [3.8, 4) is 5.75 Å². The van der Waals surface area contributed by atoms with Gasteiger partial charge in [0.15, 0.2) is 0 Å². The summed E-state index contributed by atoms with van der Waals surface area (Å²) in [6, 6.07) is 9.15. The monoisotopic (exact) mass is 259 g/mol. The van der Waals surface area contributed by atoms with Crippen LogP contribution < -0.4 is 15.6 Å². The van der Waals surface area contributed by atoms with Gasteiger partial charge in [-0.3, -0.25) is 4.79 Å². The first kappa shape index (κ1) is 13.1. The second-order valence-electron chi connectivity index (χ2n) is 4.08. The molecule has 2 rings (SSSR count). The third kappa shape index (κ3) is 3.13. The molecule has 0 saturated heterocycles. The summed E-state index contributed by atoms with van der Waals surface area (Å²) in [5.41, 5.74) is 1.53. The van der Waals surface area contributed by atoms with Crippen LogP contribution in [0.4, 0.5) is 5.69 Å². The van der Waals surface area contributed by atoms with Crippen molar-refractivity contribution >= 4 is 5.69 Å². The van der Waals surface area contributed by atoms with E-state index in [9.17, 15) is 4.79 Å². The highest BCUT2D eigenvalue weighted by Crippen LogP contribution is 2.17. The summed E-state index contributed by atoms with van der Waals surface area (Å²) in [4.78, 5) is 11.9. The molecule has 0 radical (unpaired) electrons. The summed E-state index contributed by atoms with van der Waals surface area (Å²) < 4.78 is 6.68. The number of rotatable bonds is 5. The van der Waals surface area contributed by atoms with Crippen molar-refractivity contribution < 1.29 is 4.74 Å². The second kappa shape index (κ2) is 6.04. The van der Waals surface area contributed by atoms with Gasteiger partial charge in [-0.2, -0.15) is 5.10 Å². The number of para-hydroxylation sites is 1. The first-order valence-electron chi connectivity index (χ1n) is 6.17. The fraction of sp³-hybridized carbons (Fsp3) is 0.286. The number of nitrogens with one attached hydrogen (secondary N) is 1. The van der Waals surface area contributed by atoms with Crippen molar-refractivity contribution in [2.24, 2.45) is 0 Å². The Bertz CT molecular complexity index is 608. The zero-order valence-corrected chi connectivity index (χ0v) is 11.1. The Labute approximate surface area is 111 Å². The lowest BCUT2D eigenvalue weighted by Crippen LogP contribution is -2.23. The summed E-state index contributed by atoms with van der Waals surface area (Å²) in [7, 11) is 1.61. The molecular weight excluding hydrogens is 242 g/mol. The number of nitrogens with zero attached hydrogens (tertiary/aromatic N) is 2. The van der Waals surface area contributed by atoms with E-state index in [1.807, 2.05) is 31.2 Å². The predicted molar refractivity (Wildman–Crippen MR) is 74.8 cm³/mol. The van der Waals surface area contributed by atoms with Gasteiger partial charge in [0.05, 0.1) is 25.5 Å². The molecule has 5 nitrogen and oxygen atoms in total. The molecule has 0 amide bonds. The smallest absolute Gasteiger partial charge is 0.269 e. The van der Waals surface area contributed by atoms with E-state index < -0.39 is 0 Å². The molecule has 1 aromatic carbocycles. The number of ether oxygens (including phenoxy) is 1. The number of aromatic nitrogens is 2. The Hall–Kier alpha value is -2.30. The topological polar surface area (TPSA) is 56.1 Å². The van der Waals surface area contributed by atoms with Gasteiger partial charge in [0, 0.05) is 18.2 Å². The van der Waals surface area contributed by atoms with Crippen LogP contribution in [-0.4, -0.2) is 23.4 Å². The SMILES string of the molecule is CCNc1cnn(Cc2ccccc2OC)c(=O)c1. The average Bonchev–Trinajstić information content (AvgIpc) is 2.43. The van der Waals surface area contributed by atoms with Gasteiger partial charge in [-0.15, -0.1) is 0 Å². The third-order valence-corrected chi connectivity index (χ3v) is 2.76. The van der Waals surface area contributed by atoms with Crippen LogP contribution in [0, 0.1) is 0 Å². The van der Waals surface area contributed by atoms with Gasteiger partial charge in [-0.25, -0.2) is 4.68 Å². The molecule has 1 heterocycles. The van der Waals surface area contributed by atoms with Crippen molar-refractivity contribution in [2.75, 3.05) is 19.0 Å². The van der Waals surface area contributed by atoms with Crippen molar-refractivity contribution in [1.29, 1.82) is 0 Å². The lowest BCUT2D eigenvalue weighted by atomic mass is 10.2. The minimum Gasteiger partial charge on any atom is -0.496 e. The lowest BCUT2D eigenvalue weighted by Gasteiger charge is -2.10. The molecule has 0 spiro atoms. The van der Waals surface area contributed by atoms with E-state index in [-0.39, 0.29) is 5.56 Å². The van der Waals surface area contributed by atoms with E-state index in [0.717, 1.165) is 23.5 Å². The maximum atomic E-state index is 11.9. The van der Waals surface area contributed by atoms with Gasteiger partial charge >= 0.3 is 0 Å². The Kier molecular flexibility index (Phi) is 4.18. The Morgan fingerprint density at radius 1 is 1.37 bits per heavy atom. The van der Waals surface area contributed by atoms with Crippen LogP contribution in [0.15, 0.2) is 41.3 Å². The van der Waals surface area contributed by atoms with Crippen LogP contribution in [-0.2, 0) is 6.54 Å². The number of hydrogen-bond acceptors (Lipinski definition) is 4. The summed E-state index contributed by atoms with van der Waals surface area (Å²) in [6.07, 6.45) is 1.65. The first-order valence-corrected chi connectivity index (χ1v) is 6.17. The van der Waals surface area contributed by atoms with E-state index >= 15 is 0 Å². The number of anilines is 1. The van der Waals surface area contributed by atoms with Crippen molar-refractivity contribution in [1.82, 2.24) is 9.78 Å². The van der Waals surface area contributed by atoms with Crippen molar-refractivity contribution in [2.45, 2.75) is 13.5 Å². The largest absolute Gasteiger partial charge is 0.496 e. The van der Waals surface area contributed by atoms with E-state index in [0.29, 0.717) is 6.54 Å². The molecule has 0 bridgehead atoms. The third-order valence-electron chi connectivity index (χ3n) is 2.76. The van der Waals surface area contributed by atoms with Gasteiger partial charge < -0.3 is 10.1 Å². The molecule has 0 unspecified atom stereocenters. The van der Waals surface area contributed by atoms with Crippen molar-refractivity contribution in [3.05, 3.63) is 52.4 Å². The average molecular weight is 259 g/mol. The molecule has 0 aliphatic heterocycles. The summed E-state index contributed by atoms with van der Waals surface area (Å²) in [6.45, 7) is 3.13. The van der Waals surface area contributed by atoms with Gasteiger partial charge in [-0.05, 0) is 13.0 Å². The highest BCUT2D eigenvalue weighted by molar-refractivity contribution is 5.39. The molecule has 0 atom stereocenters. The van der Waals surface area contributed by atoms with Gasteiger partial charge in [0.1, 0.15) is 5.75 Å². The van der Waals surface area contributed by atoms with E-state index in [1.165, 1.54) is 4.68 Å². The molecule has 1 N–H and O–H groups in total. The predicted octanol–water partition coefficient (Wildman–Crippen LogP) is 1.73. The maximum Gasteiger partial charge on any atom is 0.269 e. The Balaban J connectivity index is 2.26. The Morgan fingerprint density at radius 2 is 2.16 bits per heavy atom. The zero-order chi connectivity index (χ0) is 13.7. The van der Waals surface area contributed by atoms with Crippen LogP contribution in [0.1, 0.15) is 12.5 Å². The van der Waals surface area contributed by atoms with Crippen LogP contribution in [0.5, 0.6) is 5.75 Å². The first-order chi connectivity index (χ1) is 9.24. The molecule has 0 saturated carbocycles. The molecule has 0 aliphatic carbocycles. The summed E-state index contributed by atoms with van der Waals surface area (Å²) in [5.74, 6) is 0.756.